The van der Waals surface area contributed by atoms with Crippen molar-refractivity contribution in [2.45, 2.75) is 0 Å². The van der Waals surface area contributed by atoms with Gasteiger partial charge < -0.3 is 4.42 Å². The van der Waals surface area contributed by atoms with Crippen molar-refractivity contribution in [2.24, 2.45) is 0 Å². The summed E-state index contributed by atoms with van der Waals surface area (Å²) in [6.45, 7) is 0. The molecule has 19 heavy (non-hydrogen) atoms. The summed E-state index contributed by atoms with van der Waals surface area (Å²) in [6, 6.07) is 16.6. The number of furan rings is 1. The van der Waals surface area contributed by atoms with Gasteiger partial charge in [0.15, 0.2) is 0 Å². The predicted octanol–water partition coefficient (Wildman–Crippen LogP) is 3.64. The van der Waals surface area contributed by atoms with Crippen LogP contribution in [0.3, 0.4) is 0 Å². The molecule has 3 heteroatoms. The van der Waals surface area contributed by atoms with E-state index in [1.54, 1.807) is 6.20 Å². The Balaban J connectivity index is 1.93. The number of fused-ring (bicyclic) bond motifs is 2. The third-order valence-electron chi connectivity index (χ3n) is 3.07. The van der Waals surface area contributed by atoms with Gasteiger partial charge in [-0.15, -0.1) is 0 Å². The average Bonchev–Trinajstić information content (AvgIpc) is 2.90. The Morgan fingerprint density at radius 2 is 2.05 bits per heavy atom. The minimum atomic E-state index is 0.825. The van der Waals surface area contributed by atoms with Crippen LogP contribution < -0.4 is 0 Å². The molecule has 0 aliphatic carbocycles. The van der Waals surface area contributed by atoms with E-state index in [-0.39, 0.29) is 0 Å². The number of rotatable bonds is 1. The molecule has 0 aliphatic rings. The van der Waals surface area contributed by atoms with Crippen LogP contribution >= 0.6 is 0 Å². The quantitative estimate of drug-likeness (QED) is 0.513. The highest BCUT2D eigenvalue weighted by Crippen LogP contribution is 2.28. The van der Waals surface area contributed by atoms with Gasteiger partial charge in [-0.25, -0.2) is 4.98 Å². The zero-order valence-corrected chi connectivity index (χ0v) is 9.92. The fraction of sp³-hybridized carbons (Fsp3) is 0. The molecule has 0 aliphatic heterocycles. The number of nitrogens with zero attached hydrogens (tertiary/aromatic N) is 2. The van der Waals surface area contributed by atoms with E-state index in [1.807, 2.05) is 42.5 Å². The Morgan fingerprint density at radius 3 is 3.00 bits per heavy atom. The minimum Gasteiger partial charge on any atom is -0.456 e. The Kier molecular flexibility index (Phi) is 2.12. The van der Waals surface area contributed by atoms with Crippen LogP contribution in [0.2, 0.25) is 0 Å². The van der Waals surface area contributed by atoms with Crippen molar-refractivity contribution in [3.63, 3.8) is 0 Å². The van der Waals surface area contributed by atoms with Crippen molar-refractivity contribution >= 4 is 22.0 Å². The van der Waals surface area contributed by atoms with E-state index in [0.717, 1.165) is 33.3 Å². The highest BCUT2D eigenvalue weighted by molar-refractivity contribution is 5.85. The van der Waals surface area contributed by atoms with Crippen LogP contribution in [0, 0.1) is 12.3 Å². The number of hydrogen-bond donors (Lipinski definition) is 0. The van der Waals surface area contributed by atoms with E-state index in [2.05, 4.69) is 22.2 Å². The molecule has 0 saturated heterocycles. The van der Waals surface area contributed by atoms with E-state index in [1.165, 1.54) is 0 Å². The Labute approximate surface area is 109 Å². The molecule has 4 aromatic rings. The Bertz CT molecular complexity index is 847. The smallest absolute Gasteiger partial charge is 0.135 e. The molecular weight excluding hydrogens is 236 g/mol. The van der Waals surface area contributed by atoms with Crippen LogP contribution in [-0.2, 0) is 0 Å². The summed E-state index contributed by atoms with van der Waals surface area (Å²) >= 11 is 0. The SMILES string of the molecule is [c]1ccc2cc(-c3ccc4n[c]cnc4c3)oc2c1. The maximum absolute atomic E-state index is 5.82. The monoisotopic (exact) mass is 244 g/mol. The summed E-state index contributed by atoms with van der Waals surface area (Å²) in [7, 11) is 0. The first-order valence-electron chi connectivity index (χ1n) is 5.93. The molecular formula is C16H8N2O. The molecule has 0 amide bonds. The lowest BCUT2D eigenvalue weighted by atomic mass is 10.1. The lowest BCUT2D eigenvalue weighted by Gasteiger charge is -1.98. The number of aromatic nitrogens is 2. The molecule has 3 nitrogen and oxygen atoms in total. The van der Waals surface area contributed by atoms with Crippen LogP contribution in [0.1, 0.15) is 0 Å². The van der Waals surface area contributed by atoms with Crippen LogP contribution in [-0.4, -0.2) is 9.97 Å². The van der Waals surface area contributed by atoms with Crippen LogP contribution in [0.5, 0.6) is 0 Å². The first-order valence-corrected chi connectivity index (χ1v) is 5.93. The number of hydrogen-bond acceptors (Lipinski definition) is 3. The van der Waals surface area contributed by atoms with E-state index < -0.39 is 0 Å². The number of benzene rings is 2. The summed E-state index contributed by atoms with van der Waals surface area (Å²) in [5.41, 5.74) is 3.49. The first-order chi connectivity index (χ1) is 9.40. The minimum absolute atomic E-state index is 0.825. The first kappa shape index (κ1) is 10.3. The van der Waals surface area contributed by atoms with E-state index >= 15 is 0 Å². The van der Waals surface area contributed by atoms with Gasteiger partial charge in [-0.1, -0.05) is 12.1 Å². The standard InChI is InChI=1S/C16H8N2O/c1-2-4-15-11(3-1)10-16(19-15)12-5-6-13-14(9-12)18-8-7-17-13/h1,3-6,8-10H. The highest BCUT2D eigenvalue weighted by Gasteiger charge is 2.07. The molecule has 0 saturated carbocycles. The van der Waals surface area contributed by atoms with E-state index in [4.69, 9.17) is 4.42 Å². The van der Waals surface area contributed by atoms with Gasteiger partial charge in [-0.2, -0.15) is 0 Å². The highest BCUT2D eigenvalue weighted by atomic mass is 16.3. The van der Waals surface area contributed by atoms with Crippen molar-refractivity contribution < 1.29 is 4.42 Å². The molecule has 2 aromatic heterocycles. The molecule has 2 radical (unpaired) electrons. The molecule has 0 spiro atoms. The zero-order valence-electron chi connectivity index (χ0n) is 9.92. The molecule has 88 valence electrons. The normalized spacial score (nSPS) is 11.2. The van der Waals surface area contributed by atoms with Gasteiger partial charge in [-0.05, 0) is 36.4 Å². The second-order valence-electron chi connectivity index (χ2n) is 4.28. The molecule has 0 fully saturated rings. The fourth-order valence-electron chi connectivity index (χ4n) is 2.14. The zero-order chi connectivity index (χ0) is 12.7. The Morgan fingerprint density at radius 1 is 1.05 bits per heavy atom. The summed E-state index contributed by atoms with van der Waals surface area (Å²) < 4.78 is 5.82. The topological polar surface area (TPSA) is 38.9 Å². The maximum atomic E-state index is 5.82. The van der Waals surface area contributed by atoms with Crippen molar-refractivity contribution in [3.05, 3.63) is 60.9 Å². The summed E-state index contributed by atoms with van der Waals surface area (Å²) in [4.78, 5) is 8.39. The second kappa shape index (κ2) is 3.92. The van der Waals surface area contributed by atoms with Crippen molar-refractivity contribution in [1.29, 1.82) is 0 Å². The molecule has 2 heterocycles. The van der Waals surface area contributed by atoms with Crippen LogP contribution in [0.15, 0.2) is 53.1 Å². The molecule has 0 atom stereocenters. The summed E-state index contributed by atoms with van der Waals surface area (Å²) in [5.74, 6) is 0.825. The van der Waals surface area contributed by atoms with Crippen LogP contribution in [0.25, 0.3) is 33.3 Å². The molecule has 0 bridgehead atoms. The largest absolute Gasteiger partial charge is 0.456 e. The van der Waals surface area contributed by atoms with E-state index in [0.29, 0.717) is 0 Å². The Hall–Kier alpha value is -2.68. The molecule has 0 N–H and O–H groups in total. The average molecular weight is 244 g/mol. The van der Waals surface area contributed by atoms with Gasteiger partial charge in [0.2, 0.25) is 0 Å². The fourth-order valence-corrected chi connectivity index (χ4v) is 2.14. The predicted molar refractivity (Wildman–Crippen MR) is 72.4 cm³/mol. The van der Waals surface area contributed by atoms with Crippen LogP contribution in [0.4, 0.5) is 0 Å². The molecule has 2 aromatic carbocycles. The third kappa shape index (κ3) is 1.67. The summed E-state index contributed by atoms with van der Waals surface area (Å²) in [6.07, 6.45) is 4.30. The third-order valence-corrected chi connectivity index (χ3v) is 3.07. The van der Waals surface area contributed by atoms with Crippen molar-refractivity contribution in [1.82, 2.24) is 9.97 Å². The molecule has 4 rings (SSSR count). The lowest BCUT2D eigenvalue weighted by Crippen LogP contribution is -1.83. The van der Waals surface area contributed by atoms with Gasteiger partial charge in [0, 0.05) is 10.9 Å². The van der Waals surface area contributed by atoms with Crippen molar-refractivity contribution in [2.75, 3.05) is 0 Å². The lowest BCUT2D eigenvalue weighted by molar-refractivity contribution is 0.631. The van der Waals surface area contributed by atoms with Gasteiger partial charge >= 0.3 is 0 Å². The maximum Gasteiger partial charge on any atom is 0.135 e. The second-order valence-corrected chi connectivity index (χ2v) is 4.28. The van der Waals surface area contributed by atoms with Gasteiger partial charge in [-0.3, -0.25) is 4.98 Å². The summed E-state index contributed by atoms with van der Waals surface area (Å²) in [5, 5.41) is 1.07. The molecule has 0 unspecified atom stereocenters. The van der Waals surface area contributed by atoms with Gasteiger partial charge in [0.05, 0.1) is 17.2 Å². The van der Waals surface area contributed by atoms with Crippen molar-refractivity contribution in [3.8, 4) is 11.3 Å². The van der Waals surface area contributed by atoms with E-state index in [9.17, 15) is 0 Å². The van der Waals surface area contributed by atoms with Gasteiger partial charge in [0.25, 0.3) is 0 Å². The van der Waals surface area contributed by atoms with Gasteiger partial charge in [0.1, 0.15) is 17.5 Å².